The molecule has 2 heterocycles. The monoisotopic (exact) mass is 364 g/mol. The first kappa shape index (κ1) is 14.0. The largest absolute Gasteiger partial charge is 0.296 e. The van der Waals surface area contributed by atoms with Crippen LogP contribution in [0.25, 0.3) is 11.0 Å². The molecule has 0 saturated heterocycles. The molecule has 0 unspecified atom stereocenters. The van der Waals surface area contributed by atoms with Gasteiger partial charge in [-0.1, -0.05) is 18.2 Å². The lowest BCUT2D eigenvalue weighted by Gasteiger charge is -2.08. The molecule has 0 bridgehead atoms. The third-order valence-electron chi connectivity index (χ3n) is 2.99. The Balaban J connectivity index is 2.36. The molecule has 0 N–H and O–H groups in total. The summed E-state index contributed by atoms with van der Waals surface area (Å²) < 4.78 is 27.1. The summed E-state index contributed by atoms with van der Waals surface area (Å²) in [4.78, 5) is 15.5. The van der Waals surface area contributed by atoms with Gasteiger partial charge in [0.2, 0.25) is 0 Å². The molecule has 106 valence electrons. The van der Waals surface area contributed by atoms with Crippen molar-refractivity contribution < 1.29 is 13.2 Å². The van der Waals surface area contributed by atoms with Crippen LogP contribution in [0.1, 0.15) is 10.5 Å². The van der Waals surface area contributed by atoms with Gasteiger partial charge in [0.25, 0.3) is 10.0 Å². The highest BCUT2D eigenvalue weighted by atomic mass is 79.9. The van der Waals surface area contributed by atoms with Crippen LogP contribution in [0.15, 0.2) is 58.0 Å². The van der Waals surface area contributed by atoms with Crippen molar-refractivity contribution in [3.05, 3.63) is 58.8 Å². The molecule has 1 aromatic carbocycles. The SMILES string of the molecule is O=Cc1cc2cc(Br)cnc2n1S(=O)(=O)c1ccccc1. The van der Waals surface area contributed by atoms with Crippen molar-refractivity contribution >= 4 is 43.3 Å². The van der Waals surface area contributed by atoms with Crippen molar-refractivity contribution in [1.29, 1.82) is 0 Å². The second-order valence-electron chi connectivity index (χ2n) is 4.34. The third-order valence-corrected chi connectivity index (χ3v) is 5.16. The topological polar surface area (TPSA) is 69.0 Å². The van der Waals surface area contributed by atoms with E-state index in [1.807, 2.05) is 0 Å². The number of hydrogen-bond acceptors (Lipinski definition) is 4. The van der Waals surface area contributed by atoms with Gasteiger partial charge in [-0.05, 0) is 40.2 Å². The second kappa shape index (κ2) is 5.09. The van der Waals surface area contributed by atoms with Crippen LogP contribution in [0.3, 0.4) is 0 Å². The minimum absolute atomic E-state index is 0.0412. The summed E-state index contributed by atoms with van der Waals surface area (Å²) in [6.45, 7) is 0. The minimum Gasteiger partial charge on any atom is -0.296 e. The van der Waals surface area contributed by atoms with E-state index in [2.05, 4.69) is 20.9 Å². The maximum absolute atomic E-state index is 12.7. The van der Waals surface area contributed by atoms with Gasteiger partial charge in [0.15, 0.2) is 11.9 Å². The van der Waals surface area contributed by atoms with E-state index < -0.39 is 10.0 Å². The summed E-state index contributed by atoms with van der Waals surface area (Å²) in [6, 6.07) is 11.2. The molecule has 0 atom stereocenters. The van der Waals surface area contributed by atoms with E-state index in [9.17, 15) is 13.2 Å². The molecule has 0 aliphatic rings. The highest BCUT2D eigenvalue weighted by Crippen LogP contribution is 2.25. The van der Waals surface area contributed by atoms with Crippen LogP contribution in [-0.4, -0.2) is 23.7 Å². The number of nitrogens with zero attached hydrogens (tertiary/aromatic N) is 2. The molecule has 0 fully saturated rings. The number of fused-ring (bicyclic) bond motifs is 1. The number of pyridine rings is 1. The molecule has 0 aliphatic carbocycles. The highest BCUT2D eigenvalue weighted by Gasteiger charge is 2.23. The number of carbonyl (C=O) groups excluding carboxylic acids is 1. The van der Waals surface area contributed by atoms with Crippen LogP contribution in [0.4, 0.5) is 0 Å². The average Bonchev–Trinajstić information content (AvgIpc) is 2.86. The predicted molar refractivity (Wildman–Crippen MR) is 81.8 cm³/mol. The highest BCUT2D eigenvalue weighted by molar-refractivity contribution is 9.10. The fraction of sp³-hybridized carbons (Fsp3) is 0. The number of carbonyl (C=O) groups is 1. The fourth-order valence-electron chi connectivity index (χ4n) is 2.10. The van der Waals surface area contributed by atoms with Crippen LogP contribution in [-0.2, 0) is 10.0 Å². The van der Waals surface area contributed by atoms with Gasteiger partial charge in [-0.3, -0.25) is 4.79 Å². The smallest absolute Gasteiger partial charge is 0.270 e. The van der Waals surface area contributed by atoms with Gasteiger partial charge in [0.1, 0.15) is 0 Å². The number of aldehydes is 1. The number of rotatable bonds is 3. The third kappa shape index (κ3) is 2.28. The maximum Gasteiger partial charge on any atom is 0.270 e. The summed E-state index contributed by atoms with van der Waals surface area (Å²) in [6.07, 6.45) is 2.00. The van der Waals surface area contributed by atoms with Gasteiger partial charge in [0.05, 0.1) is 10.6 Å². The molecule has 3 aromatic rings. The number of halogens is 1. The minimum atomic E-state index is -3.87. The Morgan fingerprint density at radius 1 is 1.14 bits per heavy atom. The average molecular weight is 365 g/mol. The van der Waals surface area contributed by atoms with Crippen LogP contribution in [0.2, 0.25) is 0 Å². The molecule has 21 heavy (non-hydrogen) atoms. The van der Waals surface area contributed by atoms with Crippen LogP contribution >= 0.6 is 15.9 Å². The molecule has 7 heteroatoms. The van der Waals surface area contributed by atoms with Crippen molar-refractivity contribution in [2.45, 2.75) is 4.90 Å². The zero-order valence-electron chi connectivity index (χ0n) is 10.6. The fourth-order valence-corrected chi connectivity index (χ4v) is 3.91. The normalized spacial score (nSPS) is 11.7. The Morgan fingerprint density at radius 2 is 1.86 bits per heavy atom. The first-order valence-electron chi connectivity index (χ1n) is 5.97. The lowest BCUT2D eigenvalue weighted by atomic mass is 10.3. The molecule has 2 aromatic heterocycles. The zero-order chi connectivity index (χ0) is 15.0. The predicted octanol–water partition coefficient (Wildman–Crippen LogP) is 2.85. The molecular formula is C14H9BrN2O3S. The molecular weight excluding hydrogens is 356 g/mol. The van der Waals surface area contributed by atoms with Crippen molar-refractivity contribution in [2.75, 3.05) is 0 Å². The van der Waals surface area contributed by atoms with Crippen LogP contribution in [0.5, 0.6) is 0 Å². The zero-order valence-corrected chi connectivity index (χ0v) is 13.0. The molecule has 0 spiro atoms. The maximum atomic E-state index is 12.7. The van der Waals surface area contributed by atoms with Gasteiger partial charge in [0, 0.05) is 16.1 Å². The number of hydrogen-bond donors (Lipinski definition) is 0. The van der Waals surface area contributed by atoms with Gasteiger partial charge < -0.3 is 0 Å². The van der Waals surface area contributed by atoms with Crippen molar-refractivity contribution in [3.8, 4) is 0 Å². The standard InChI is InChI=1S/C14H9BrN2O3S/c15-11-6-10-7-12(9-18)17(14(10)16-8-11)21(19,20)13-4-2-1-3-5-13/h1-9H. The summed E-state index contributed by atoms with van der Waals surface area (Å²) in [5.41, 5.74) is 0.267. The molecule has 5 nitrogen and oxygen atoms in total. The van der Waals surface area contributed by atoms with E-state index in [4.69, 9.17) is 0 Å². The Labute approximate surface area is 129 Å². The molecule has 3 rings (SSSR count). The first-order chi connectivity index (χ1) is 10.0. The van der Waals surface area contributed by atoms with Gasteiger partial charge in [-0.2, -0.15) is 0 Å². The second-order valence-corrected chi connectivity index (χ2v) is 7.04. The lowest BCUT2D eigenvalue weighted by Crippen LogP contribution is -2.15. The van der Waals surface area contributed by atoms with E-state index in [1.54, 1.807) is 24.3 Å². The lowest BCUT2D eigenvalue weighted by molar-refractivity contribution is 0.111. The van der Waals surface area contributed by atoms with E-state index in [0.29, 0.717) is 16.1 Å². The summed E-state index contributed by atoms with van der Waals surface area (Å²) >= 11 is 3.27. The van der Waals surface area contributed by atoms with Crippen molar-refractivity contribution in [1.82, 2.24) is 8.96 Å². The Morgan fingerprint density at radius 3 is 2.52 bits per heavy atom. The van der Waals surface area contributed by atoms with Gasteiger partial charge in [-0.25, -0.2) is 17.4 Å². The number of benzene rings is 1. The van der Waals surface area contributed by atoms with Gasteiger partial charge in [-0.15, -0.1) is 0 Å². The van der Waals surface area contributed by atoms with Gasteiger partial charge >= 0.3 is 0 Å². The Hall–Kier alpha value is -1.99. The summed E-state index contributed by atoms with van der Waals surface area (Å²) in [5, 5.41) is 0.575. The van der Waals surface area contributed by atoms with Crippen molar-refractivity contribution in [2.24, 2.45) is 0 Å². The van der Waals surface area contributed by atoms with Crippen LogP contribution in [0, 0.1) is 0 Å². The molecule has 0 radical (unpaired) electrons. The molecule has 0 amide bonds. The van der Waals surface area contributed by atoms with E-state index >= 15 is 0 Å². The Bertz CT molecular complexity index is 934. The molecule has 0 aliphatic heterocycles. The van der Waals surface area contributed by atoms with E-state index in [-0.39, 0.29) is 16.2 Å². The number of aromatic nitrogens is 2. The quantitative estimate of drug-likeness (QED) is 0.670. The van der Waals surface area contributed by atoms with E-state index in [0.717, 1.165) is 3.97 Å². The van der Waals surface area contributed by atoms with Crippen LogP contribution < -0.4 is 0 Å². The summed E-state index contributed by atoms with van der Waals surface area (Å²) in [7, 11) is -3.87. The Kier molecular flexibility index (Phi) is 3.38. The van der Waals surface area contributed by atoms with E-state index in [1.165, 1.54) is 24.4 Å². The molecule has 0 saturated carbocycles. The first-order valence-corrected chi connectivity index (χ1v) is 8.20. The van der Waals surface area contributed by atoms with Crippen molar-refractivity contribution in [3.63, 3.8) is 0 Å². The summed E-state index contributed by atoms with van der Waals surface area (Å²) in [5.74, 6) is 0.